The Balaban J connectivity index is 1.33. The first-order valence-corrected chi connectivity index (χ1v) is 8.76. The smallest absolute Gasteiger partial charge is 0.223 e. The minimum atomic E-state index is 0.0836. The van der Waals surface area contributed by atoms with Gasteiger partial charge in [0.25, 0.3) is 0 Å². The zero-order valence-corrected chi connectivity index (χ0v) is 13.6. The van der Waals surface area contributed by atoms with Crippen LogP contribution < -0.4 is 5.32 Å². The van der Waals surface area contributed by atoms with Crippen molar-refractivity contribution in [1.29, 1.82) is 0 Å². The molecule has 1 saturated heterocycles. The molecule has 2 heterocycles. The summed E-state index contributed by atoms with van der Waals surface area (Å²) in [6, 6.07) is 0.457. The third-order valence-electron chi connectivity index (χ3n) is 5.02. The van der Waals surface area contributed by atoms with Crippen molar-refractivity contribution in [2.24, 2.45) is 5.92 Å². The topological polar surface area (TPSA) is 78.1 Å². The van der Waals surface area contributed by atoms with Gasteiger partial charge in [-0.15, -0.1) is 0 Å². The minimum absolute atomic E-state index is 0.0836. The number of nitrogens with zero attached hydrogens (tertiary/aromatic N) is 2. The molecule has 2 amide bonds. The van der Waals surface area contributed by atoms with Gasteiger partial charge in [-0.3, -0.25) is 14.7 Å². The highest BCUT2D eigenvalue weighted by Gasteiger charge is 2.35. The van der Waals surface area contributed by atoms with E-state index in [2.05, 4.69) is 20.4 Å². The summed E-state index contributed by atoms with van der Waals surface area (Å²) in [6.07, 6.45) is 11.2. The summed E-state index contributed by atoms with van der Waals surface area (Å²) >= 11 is 0. The van der Waals surface area contributed by atoms with E-state index in [1.54, 1.807) is 6.20 Å². The molecular formula is C17H26N4O2. The van der Waals surface area contributed by atoms with Gasteiger partial charge in [-0.1, -0.05) is 12.8 Å². The van der Waals surface area contributed by atoms with E-state index in [0.717, 1.165) is 37.8 Å². The Morgan fingerprint density at radius 1 is 1.39 bits per heavy atom. The van der Waals surface area contributed by atoms with Crippen molar-refractivity contribution in [3.63, 3.8) is 0 Å². The maximum atomic E-state index is 12.1. The fourth-order valence-corrected chi connectivity index (χ4v) is 3.73. The van der Waals surface area contributed by atoms with Gasteiger partial charge in [0.05, 0.1) is 6.20 Å². The number of nitrogens with one attached hydrogen (secondary N) is 2. The average Bonchev–Trinajstić information content (AvgIpc) is 3.26. The van der Waals surface area contributed by atoms with E-state index >= 15 is 0 Å². The van der Waals surface area contributed by atoms with Gasteiger partial charge in [0, 0.05) is 44.1 Å². The van der Waals surface area contributed by atoms with Gasteiger partial charge in [0.15, 0.2) is 0 Å². The number of aromatic nitrogens is 2. The van der Waals surface area contributed by atoms with Crippen LogP contribution in [0.15, 0.2) is 12.4 Å². The van der Waals surface area contributed by atoms with Crippen molar-refractivity contribution in [3.8, 4) is 0 Å². The molecule has 0 aromatic carbocycles. The second kappa shape index (κ2) is 7.62. The zero-order chi connectivity index (χ0) is 16.1. The molecule has 2 N–H and O–H groups in total. The number of hydrogen-bond acceptors (Lipinski definition) is 3. The quantitative estimate of drug-likeness (QED) is 0.802. The van der Waals surface area contributed by atoms with Gasteiger partial charge in [-0.2, -0.15) is 5.10 Å². The Labute approximate surface area is 137 Å². The molecule has 126 valence electrons. The van der Waals surface area contributed by atoms with Gasteiger partial charge >= 0.3 is 0 Å². The Morgan fingerprint density at radius 3 is 2.96 bits per heavy atom. The van der Waals surface area contributed by atoms with Crippen molar-refractivity contribution in [2.75, 3.05) is 13.1 Å². The van der Waals surface area contributed by atoms with Crippen LogP contribution in [0.4, 0.5) is 0 Å². The van der Waals surface area contributed by atoms with Crippen LogP contribution in [0, 0.1) is 5.92 Å². The van der Waals surface area contributed by atoms with Crippen molar-refractivity contribution >= 4 is 11.8 Å². The maximum absolute atomic E-state index is 12.1. The normalized spacial score (nSPS) is 22.0. The molecule has 1 aliphatic carbocycles. The van der Waals surface area contributed by atoms with Crippen molar-refractivity contribution in [3.05, 3.63) is 18.0 Å². The number of carbonyl (C=O) groups excluding carboxylic acids is 2. The molecule has 2 fully saturated rings. The summed E-state index contributed by atoms with van der Waals surface area (Å²) in [5, 5.41) is 9.66. The highest BCUT2D eigenvalue weighted by molar-refractivity contribution is 5.79. The SMILES string of the molecule is O=C(CCCc1cn[nH]c1)NCC1CC(=O)N(C2CCCC2)C1. The lowest BCUT2D eigenvalue weighted by Crippen LogP contribution is -2.36. The lowest BCUT2D eigenvalue weighted by molar-refractivity contribution is -0.129. The molecule has 1 atom stereocenters. The van der Waals surface area contributed by atoms with Crippen LogP contribution in [-0.4, -0.2) is 46.0 Å². The Kier molecular flexibility index (Phi) is 5.31. The van der Waals surface area contributed by atoms with Crippen LogP contribution in [0.3, 0.4) is 0 Å². The molecule has 1 aliphatic heterocycles. The summed E-state index contributed by atoms with van der Waals surface area (Å²) in [5.74, 6) is 0.636. The number of aromatic amines is 1. The molecule has 2 aliphatic rings. The fraction of sp³-hybridized carbons (Fsp3) is 0.706. The summed E-state index contributed by atoms with van der Waals surface area (Å²) in [7, 11) is 0. The van der Waals surface area contributed by atoms with Gasteiger partial charge in [0.2, 0.25) is 11.8 Å². The molecule has 1 unspecified atom stereocenters. The second-order valence-electron chi connectivity index (χ2n) is 6.82. The first-order valence-electron chi connectivity index (χ1n) is 8.76. The molecule has 1 saturated carbocycles. The van der Waals surface area contributed by atoms with Crippen LogP contribution >= 0.6 is 0 Å². The van der Waals surface area contributed by atoms with E-state index < -0.39 is 0 Å². The van der Waals surface area contributed by atoms with Gasteiger partial charge in [-0.25, -0.2) is 0 Å². The van der Waals surface area contributed by atoms with Crippen molar-refractivity contribution < 1.29 is 9.59 Å². The summed E-state index contributed by atoms with van der Waals surface area (Å²) in [6.45, 7) is 1.44. The molecular weight excluding hydrogens is 292 g/mol. The van der Waals surface area contributed by atoms with Gasteiger partial charge in [-0.05, 0) is 31.2 Å². The summed E-state index contributed by atoms with van der Waals surface area (Å²) in [4.78, 5) is 26.1. The van der Waals surface area contributed by atoms with E-state index in [0.29, 0.717) is 25.4 Å². The number of carbonyl (C=O) groups is 2. The Hall–Kier alpha value is -1.85. The fourth-order valence-electron chi connectivity index (χ4n) is 3.73. The van der Waals surface area contributed by atoms with Gasteiger partial charge in [0.1, 0.15) is 0 Å². The van der Waals surface area contributed by atoms with Crippen LogP contribution in [0.2, 0.25) is 0 Å². The van der Waals surface area contributed by atoms with Gasteiger partial charge < -0.3 is 10.2 Å². The number of H-pyrrole nitrogens is 1. The highest BCUT2D eigenvalue weighted by atomic mass is 16.2. The number of likely N-dealkylation sites (tertiary alicyclic amines) is 1. The minimum Gasteiger partial charge on any atom is -0.356 e. The molecule has 23 heavy (non-hydrogen) atoms. The van der Waals surface area contributed by atoms with E-state index in [4.69, 9.17) is 0 Å². The largest absolute Gasteiger partial charge is 0.356 e. The van der Waals surface area contributed by atoms with Crippen LogP contribution in [-0.2, 0) is 16.0 Å². The zero-order valence-electron chi connectivity index (χ0n) is 13.6. The van der Waals surface area contributed by atoms with Crippen molar-refractivity contribution in [1.82, 2.24) is 20.4 Å². The Bertz CT molecular complexity index is 523. The van der Waals surface area contributed by atoms with Crippen LogP contribution in [0.25, 0.3) is 0 Å². The molecule has 6 heteroatoms. The molecule has 6 nitrogen and oxygen atoms in total. The number of rotatable bonds is 7. The van der Waals surface area contributed by atoms with Crippen LogP contribution in [0.1, 0.15) is 50.5 Å². The molecule has 0 spiro atoms. The first-order chi connectivity index (χ1) is 11.2. The number of amides is 2. The van der Waals surface area contributed by atoms with E-state index in [1.807, 2.05) is 6.20 Å². The second-order valence-corrected chi connectivity index (χ2v) is 6.82. The van der Waals surface area contributed by atoms with Crippen molar-refractivity contribution in [2.45, 2.75) is 57.4 Å². The average molecular weight is 318 g/mol. The summed E-state index contributed by atoms with van der Waals surface area (Å²) < 4.78 is 0. The van der Waals surface area contributed by atoms with E-state index in [1.165, 1.54) is 12.8 Å². The predicted octanol–water partition coefficient (Wildman–Crippen LogP) is 1.64. The lowest BCUT2D eigenvalue weighted by atomic mass is 10.1. The first kappa shape index (κ1) is 16.0. The molecule has 0 radical (unpaired) electrons. The number of aryl methyl sites for hydroxylation is 1. The Morgan fingerprint density at radius 2 is 2.22 bits per heavy atom. The van der Waals surface area contributed by atoms with E-state index in [9.17, 15) is 9.59 Å². The lowest BCUT2D eigenvalue weighted by Gasteiger charge is -2.24. The molecule has 1 aromatic rings. The molecule has 3 rings (SSSR count). The third-order valence-corrected chi connectivity index (χ3v) is 5.02. The maximum Gasteiger partial charge on any atom is 0.223 e. The van der Waals surface area contributed by atoms with E-state index in [-0.39, 0.29) is 17.7 Å². The predicted molar refractivity (Wildman–Crippen MR) is 86.6 cm³/mol. The molecule has 0 bridgehead atoms. The number of hydrogen-bond donors (Lipinski definition) is 2. The third kappa shape index (κ3) is 4.33. The standard InChI is InChI=1S/C17H26N4O2/c22-16(7-3-4-13-10-19-20-11-13)18-9-14-8-17(23)21(12-14)15-5-1-2-6-15/h10-11,14-15H,1-9,12H2,(H,18,22)(H,19,20). The summed E-state index contributed by atoms with van der Waals surface area (Å²) in [5.41, 5.74) is 1.13. The highest BCUT2D eigenvalue weighted by Crippen LogP contribution is 2.29. The molecule has 1 aromatic heterocycles. The monoisotopic (exact) mass is 318 g/mol. The van der Waals surface area contributed by atoms with Crippen LogP contribution in [0.5, 0.6) is 0 Å².